The zero-order valence-corrected chi connectivity index (χ0v) is 10.6. The van der Waals surface area contributed by atoms with E-state index in [1.807, 2.05) is 11.4 Å². The molecular weight excluding hydrogens is 236 g/mol. The van der Waals surface area contributed by atoms with Crippen LogP contribution in [-0.2, 0) is 4.74 Å². The summed E-state index contributed by atoms with van der Waals surface area (Å²) in [6, 6.07) is 2.00. The van der Waals surface area contributed by atoms with E-state index in [4.69, 9.17) is 4.74 Å². The maximum absolute atomic E-state index is 4.95. The Morgan fingerprint density at radius 3 is 3.12 bits per heavy atom. The number of methoxy groups -OCH3 is 1. The van der Waals surface area contributed by atoms with Crippen LogP contribution >= 0.6 is 11.3 Å². The van der Waals surface area contributed by atoms with Crippen molar-refractivity contribution in [1.82, 2.24) is 15.3 Å². The van der Waals surface area contributed by atoms with Crippen LogP contribution in [0.25, 0.3) is 10.2 Å². The molecule has 2 N–H and O–H groups in total. The summed E-state index contributed by atoms with van der Waals surface area (Å²) in [5.41, 5.74) is 1.000. The van der Waals surface area contributed by atoms with Gasteiger partial charge in [-0.05, 0) is 11.4 Å². The van der Waals surface area contributed by atoms with Crippen LogP contribution in [0.2, 0.25) is 0 Å². The summed E-state index contributed by atoms with van der Waals surface area (Å²) in [4.78, 5) is 8.45. The Bertz CT molecular complexity index is 459. The lowest BCUT2D eigenvalue weighted by atomic mass is 10.4. The van der Waals surface area contributed by atoms with Crippen molar-refractivity contribution in [2.75, 3.05) is 38.7 Å². The van der Waals surface area contributed by atoms with Gasteiger partial charge in [0.15, 0.2) is 0 Å². The van der Waals surface area contributed by atoms with Gasteiger partial charge in [0, 0.05) is 26.7 Å². The number of nitrogens with zero attached hydrogens (tertiary/aromatic N) is 2. The lowest BCUT2D eigenvalue weighted by Gasteiger charge is -2.07. The van der Waals surface area contributed by atoms with E-state index >= 15 is 0 Å². The number of rotatable bonds is 7. The quantitative estimate of drug-likeness (QED) is 0.728. The second kappa shape index (κ2) is 6.48. The average molecular weight is 252 g/mol. The lowest BCUT2D eigenvalue weighted by molar-refractivity contribution is 0.200. The first-order valence-electron chi connectivity index (χ1n) is 5.53. The number of hydrogen-bond acceptors (Lipinski definition) is 6. The smallest absolute Gasteiger partial charge is 0.147 e. The molecule has 0 radical (unpaired) electrons. The van der Waals surface area contributed by atoms with Crippen LogP contribution in [-0.4, -0.2) is 43.3 Å². The molecule has 2 aromatic heterocycles. The van der Waals surface area contributed by atoms with Crippen molar-refractivity contribution in [2.45, 2.75) is 0 Å². The van der Waals surface area contributed by atoms with Gasteiger partial charge in [-0.2, -0.15) is 0 Å². The molecule has 0 aromatic carbocycles. The third-order valence-corrected chi connectivity index (χ3v) is 3.23. The van der Waals surface area contributed by atoms with Crippen molar-refractivity contribution < 1.29 is 4.74 Å². The van der Waals surface area contributed by atoms with Crippen molar-refractivity contribution in [1.29, 1.82) is 0 Å². The fourth-order valence-corrected chi connectivity index (χ4v) is 2.29. The Kier molecular flexibility index (Phi) is 4.66. The summed E-state index contributed by atoms with van der Waals surface area (Å²) in [5.74, 6) is 0.915. The number of aromatic nitrogens is 2. The van der Waals surface area contributed by atoms with Crippen LogP contribution in [0.5, 0.6) is 0 Å². The van der Waals surface area contributed by atoms with Gasteiger partial charge in [0.2, 0.25) is 0 Å². The summed E-state index contributed by atoms with van der Waals surface area (Å²) < 4.78 is 6.07. The van der Waals surface area contributed by atoms with E-state index in [1.165, 1.54) is 0 Å². The van der Waals surface area contributed by atoms with Gasteiger partial charge < -0.3 is 15.4 Å². The van der Waals surface area contributed by atoms with Gasteiger partial charge >= 0.3 is 0 Å². The van der Waals surface area contributed by atoms with Gasteiger partial charge in [0.25, 0.3) is 0 Å². The maximum atomic E-state index is 4.95. The predicted molar refractivity (Wildman–Crippen MR) is 70.7 cm³/mol. The Balaban J connectivity index is 1.80. The molecule has 0 atom stereocenters. The molecule has 92 valence electrons. The summed E-state index contributed by atoms with van der Waals surface area (Å²) in [6.07, 6.45) is 1.59. The Morgan fingerprint density at radius 2 is 2.24 bits per heavy atom. The zero-order chi connectivity index (χ0) is 11.9. The van der Waals surface area contributed by atoms with E-state index in [0.717, 1.165) is 42.3 Å². The average Bonchev–Trinajstić information content (AvgIpc) is 2.82. The lowest BCUT2D eigenvalue weighted by Crippen LogP contribution is -2.25. The second-order valence-corrected chi connectivity index (χ2v) is 4.44. The number of ether oxygens (including phenoxy) is 1. The van der Waals surface area contributed by atoms with E-state index in [9.17, 15) is 0 Å². The number of fused-ring (bicyclic) bond motifs is 1. The first kappa shape index (κ1) is 12.2. The summed E-state index contributed by atoms with van der Waals surface area (Å²) in [5, 5.41) is 8.61. The van der Waals surface area contributed by atoms with Crippen molar-refractivity contribution in [2.24, 2.45) is 0 Å². The molecule has 0 aliphatic carbocycles. The second-order valence-electron chi connectivity index (χ2n) is 3.53. The minimum atomic E-state index is 0.739. The molecule has 0 fully saturated rings. The molecule has 0 saturated carbocycles. The van der Waals surface area contributed by atoms with E-state index in [2.05, 4.69) is 20.6 Å². The number of nitrogens with one attached hydrogen (secondary N) is 2. The maximum Gasteiger partial charge on any atom is 0.147 e. The van der Waals surface area contributed by atoms with Gasteiger partial charge in [-0.25, -0.2) is 9.97 Å². The van der Waals surface area contributed by atoms with Crippen LogP contribution in [0.15, 0.2) is 17.8 Å². The molecule has 0 bridgehead atoms. The van der Waals surface area contributed by atoms with Gasteiger partial charge in [0.05, 0.1) is 16.8 Å². The molecule has 0 unspecified atom stereocenters. The molecule has 0 amide bonds. The minimum absolute atomic E-state index is 0.739. The monoisotopic (exact) mass is 252 g/mol. The topological polar surface area (TPSA) is 59.1 Å². The fraction of sp³-hybridized carbons (Fsp3) is 0.455. The van der Waals surface area contributed by atoms with Crippen LogP contribution in [0, 0.1) is 0 Å². The molecule has 5 nitrogen and oxygen atoms in total. The molecule has 0 spiro atoms. The highest BCUT2D eigenvalue weighted by molar-refractivity contribution is 7.17. The number of hydrogen-bond donors (Lipinski definition) is 2. The van der Waals surface area contributed by atoms with E-state index in [1.54, 1.807) is 24.8 Å². The van der Waals surface area contributed by atoms with Crippen molar-refractivity contribution in [3.8, 4) is 0 Å². The third-order valence-electron chi connectivity index (χ3n) is 2.32. The molecule has 0 saturated heterocycles. The SMILES string of the molecule is COCCNCCNc1ncnc2ccsc12. The van der Waals surface area contributed by atoms with Gasteiger partial charge in [-0.3, -0.25) is 0 Å². The molecule has 17 heavy (non-hydrogen) atoms. The normalized spacial score (nSPS) is 10.9. The first-order chi connectivity index (χ1) is 8.42. The van der Waals surface area contributed by atoms with Crippen LogP contribution < -0.4 is 10.6 Å². The van der Waals surface area contributed by atoms with E-state index in [-0.39, 0.29) is 0 Å². The van der Waals surface area contributed by atoms with Crippen LogP contribution in [0.4, 0.5) is 5.82 Å². The highest BCUT2D eigenvalue weighted by Gasteiger charge is 2.03. The van der Waals surface area contributed by atoms with Crippen molar-refractivity contribution in [3.05, 3.63) is 17.8 Å². The van der Waals surface area contributed by atoms with E-state index in [0.29, 0.717) is 0 Å². The highest BCUT2D eigenvalue weighted by Crippen LogP contribution is 2.24. The summed E-state index contributed by atoms with van der Waals surface area (Å²) in [7, 11) is 1.70. The standard InChI is InChI=1S/C11H16N4OS/c1-16-6-5-12-3-4-13-11-10-9(2-7-17-10)14-8-15-11/h2,7-8,12H,3-6H2,1H3,(H,13,14,15). The Hall–Kier alpha value is -1.24. The Labute approximate surface area is 104 Å². The fourth-order valence-electron chi connectivity index (χ4n) is 1.48. The first-order valence-corrected chi connectivity index (χ1v) is 6.41. The predicted octanol–water partition coefficient (Wildman–Crippen LogP) is 1.34. The van der Waals surface area contributed by atoms with Gasteiger partial charge in [-0.15, -0.1) is 11.3 Å². The number of thiophene rings is 1. The Morgan fingerprint density at radius 1 is 1.29 bits per heavy atom. The van der Waals surface area contributed by atoms with Crippen LogP contribution in [0.1, 0.15) is 0 Å². The molecule has 2 rings (SSSR count). The van der Waals surface area contributed by atoms with Gasteiger partial charge in [-0.1, -0.05) is 0 Å². The van der Waals surface area contributed by atoms with Crippen molar-refractivity contribution in [3.63, 3.8) is 0 Å². The van der Waals surface area contributed by atoms with Crippen LogP contribution in [0.3, 0.4) is 0 Å². The number of anilines is 1. The summed E-state index contributed by atoms with van der Waals surface area (Å²) in [6.45, 7) is 3.34. The van der Waals surface area contributed by atoms with Gasteiger partial charge in [0.1, 0.15) is 12.1 Å². The van der Waals surface area contributed by atoms with Crippen molar-refractivity contribution >= 4 is 27.4 Å². The van der Waals surface area contributed by atoms with E-state index < -0.39 is 0 Å². The highest BCUT2D eigenvalue weighted by atomic mass is 32.1. The molecule has 2 aromatic rings. The zero-order valence-electron chi connectivity index (χ0n) is 9.77. The molecule has 0 aliphatic heterocycles. The molecule has 0 aliphatic rings. The minimum Gasteiger partial charge on any atom is -0.383 e. The molecular formula is C11H16N4OS. The summed E-state index contributed by atoms with van der Waals surface area (Å²) >= 11 is 1.66. The third kappa shape index (κ3) is 3.36. The molecule has 6 heteroatoms. The largest absolute Gasteiger partial charge is 0.383 e. The molecule has 2 heterocycles.